The molecule has 0 amide bonds. The average Bonchev–Trinajstić information content (AvgIpc) is 1.85. The first kappa shape index (κ1) is 38.3. The molecule has 1 aliphatic rings. The van der Waals surface area contributed by atoms with E-state index < -0.39 is 7.82 Å². The fraction of sp³-hybridized carbons (Fsp3) is 0.667. The normalized spacial score (nSPS) is 12.5. The van der Waals surface area contributed by atoms with E-state index in [-0.39, 0.29) is 177 Å². The molecule has 0 radical (unpaired) electrons. The van der Waals surface area contributed by atoms with Crippen LogP contribution >= 0.6 is 7.82 Å². The summed E-state index contributed by atoms with van der Waals surface area (Å²) in [6.07, 6.45) is 5.27. The molecular formula is C6H17Na6O4P. The predicted molar refractivity (Wildman–Crippen MR) is 82.6 cm³/mol. The van der Waals surface area contributed by atoms with Crippen molar-refractivity contribution in [2.75, 3.05) is 0 Å². The molecule has 0 aliphatic heterocycles. The van der Waals surface area contributed by atoms with E-state index in [9.17, 15) is 4.57 Å². The standard InChI is InChI=1S/C6H11O4P.6Na.6H/c7-11(8,9)10-6-4-2-1-3-5-6;;;;;;;;;;;;/h4H,1-3,5H2,(H2,7,8,9);;;;;;;;;;;;. The summed E-state index contributed by atoms with van der Waals surface area (Å²) in [6.45, 7) is 0. The molecule has 0 atom stereocenters. The fourth-order valence-corrected chi connectivity index (χ4v) is 1.52. The van der Waals surface area contributed by atoms with Crippen LogP contribution in [0.2, 0.25) is 0 Å². The molecule has 11 heteroatoms. The maximum atomic E-state index is 10.3. The number of phosphoric ester groups is 1. The number of rotatable bonds is 2. The van der Waals surface area contributed by atoms with Gasteiger partial charge in [0, 0.05) is 6.42 Å². The van der Waals surface area contributed by atoms with Crippen LogP contribution in [0.4, 0.5) is 0 Å². The van der Waals surface area contributed by atoms with Gasteiger partial charge in [-0.15, -0.1) is 0 Å². The van der Waals surface area contributed by atoms with E-state index in [4.69, 9.17) is 9.79 Å². The van der Waals surface area contributed by atoms with Gasteiger partial charge in [0.25, 0.3) is 0 Å². The summed E-state index contributed by atoms with van der Waals surface area (Å²) in [5, 5.41) is 0. The first-order chi connectivity index (χ1) is 5.08. The Hall–Kier alpha value is 5.69. The van der Waals surface area contributed by atoms with E-state index in [1.54, 1.807) is 6.08 Å². The van der Waals surface area contributed by atoms with Crippen molar-refractivity contribution in [2.24, 2.45) is 0 Å². The van der Waals surface area contributed by atoms with Gasteiger partial charge in [0.2, 0.25) is 0 Å². The minimum absolute atomic E-state index is 0. The second-order valence-corrected chi connectivity index (χ2v) is 3.66. The summed E-state index contributed by atoms with van der Waals surface area (Å²) in [5.41, 5.74) is 0. The molecule has 0 aromatic rings. The SMILES string of the molecule is O=P(O)(O)OC1=CCCCC1.[NaH].[NaH].[NaH].[NaH].[NaH].[NaH]. The van der Waals surface area contributed by atoms with Crippen LogP contribution in [0.5, 0.6) is 0 Å². The van der Waals surface area contributed by atoms with Gasteiger partial charge in [-0.3, -0.25) is 9.79 Å². The third-order valence-corrected chi connectivity index (χ3v) is 1.96. The summed E-state index contributed by atoms with van der Waals surface area (Å²) in [4.78, 5) is 16.8. The van der Waals surface area contributed by atoms with Crippen molar-refractivity contribution in [2.45, 2.75) is 25.7 Å². The van der Waals surface area contributed by atoms with Crippen LogP contribution in [0.25, 0.3) is 0 Å². The Morgan fingerprint density at radius 1 is 1.00 bits per heavy atom. The van der Waals surface area contributed by atoms with Gasteiger partial charge in [0.1, 0.15) is 5.76 Å². The molecule has 17 heavy (non-hydrogen) atoms. The molecule has 76 valence electrons. The molecule has 0 saturated carbocycles. The molecule has 0 aromatic heterocycles. The van der Waals surface area contributed by atoms with Gasteiger partial charge in [-0.25, -0.2) is 4.57 Å². The van der Waals surface area contributed by atoms with Gasteiger partial charge in [-0.1, -0.05) is 0 Å². The van der Waals surface area contributed by atoms with Crippen LogP contribution in [-0.4, -0.2) is 187 Å². The molecule has 0 fully saturated rings. The first-order valence-electron chi connectivity index (χ1n) is 3.52. The molecule has 0 aromatic carbocycles. The molecule has 0 bridgehead atoms. The number of allylic oxidation sites excluding steroid dienone is 2. The van der Waals surface area contributed by atoms with Crippen LogP contribution < -0.4 is 0 Å². The van der Waals surface area contributed by atoms with Gasteiger partial charge in [0.05, 0.1) is 0 Å². The second-order valence-electron chi connectivity index (χ2n) is 2.50. The Morgan fingerprint density at radius 2 is 1.47 bits per heavy atom. The van der Waals surface area contributed by atoms with E-state index >= 15 is 0 Å². The molecule has 1 aliphatic carbocycles. The van der Waals surface area contributed by atoms with E-state index in [1.165, 1.54) is 0 Å². The van der Waals surface area contributed by atoms with Gasteiger partial charge in [-0.2, -0.15) is 0 Å². The molecule has 2 N–H and O–H groups in total. The van der Waals surface area contributed by atoms with Crippen molar-refractivity contribution in [1.82, 2.24) is 0 Å². The number of phosphoric acid groups is 1. The molecule has 4 nitrogen and oxygen atoms in total. The van der Waals surface area contributed by atoms with Crippen molar-refractivity contribution in [3.8, 4) is 0 Å². The molecule has 0 spiro atoms. The van der Waals surface area contributed by atoms with E-state index in [1.807, 2.05) is 0 Å². The minimum atomic E-state index is -4.30. The molecular weight excluding hydrogens is 305 g/mol. The van der Waals surface area contributed by atoms with Gasteiger partial charge < -0.3 is 4.52 Å². The van der Waals surface area contributed by atoms with Crippen LogP contribution in [0, 0.1) is 0 Å². The quantitative estimate of drug-likeness (QED) is 0.442. The first-order valence-corrected chi connectivity index (χ1v) is 5.05. The van der Waals surface area contributed by atoms with Crippen molar-refractivity contribution in [3.05, 3.63) is 11.8 Å². The molecule has 0 saturated heterocycles. The third-order valence-electron chi connectivity index (χ3n) is 1.49. The number of hydrogen-bond acceptors (Lipinski definition) is 2. The zero-order valence-corrected chi connectivity index (χ0v) is 6.96. The summed E-state index contributed by atoms with van der Waals surface area (Å²) in [6, 6.07) is 0. The Morgan fingerprint density at radius 3 is 1.76 bits per heavy atom. The Labute approximate surface area is 236 Å². The van der Waals surface area contributed by atoms with Crippen LogP contribution in [0.3, 0.4) is 0 Å². The summed E-state index contributed by atoms with van der Waals surface area (Å²) >= 11 is 0. The van der Waals surface area contributed by atoms with E-state index in [0.29, 0.717) is 12.2 Å². The Bertz CT molecular complexity index is 221. The Kier molecular flexibility index (Phi) is 48.9. The zero-order valence-electron chi connectivity index (χ0n) is 6.06. The second kappa shape index (κ2) is 21.7. The maximum absolute atomic E-state index is 10.3. The monoisotopic (exact) mass is 322 g/mol. The summed E-state index contributed by atoms with van der Waals surface area (Å²) < 4.78 is 14.7. The topological polar surface area (TPSA) is 66.8 Å². The summed E-state index contributed by atoms with van der Waals surface area (Å²) in [7, 11) is -4.30. The van der Waals surface area contributed by atoms with Crippen LogP contribution in [0.15, 0.2) is 11.8 Å². The van der Waals surface area contributed by atoms with Gasteiger partial charge in [0.15, 0.2) is 0 Å². The average molecular weight is 322 g/mol. The molecule has 0 unspecified atom stereocenters. The van der Waals surface area contributed by atoms with E-state index in [2.05, 4.69) is 4.52 Å². The van der Waals surface area contributed by atoms with Gasteiger partial charge in [-0.05, 0) is 25.3 Å². The van der Waals surface area contributed by atoms with Crippen LogP contribution in [-0.2, 0) is 9.09 Å². The van der Waals surface area contributed by atoms with Crippen molar-refractivity contribution >= 4 is 185 Å². The molecule has 0 heterocycles. The molecule has 1 rings (SSSR count). The van der Waals surface area contributed by atoms with Crippen molar-refractivity contribution in [1.29, 1.82) is 0 Å². The third kappa shape index (κ3) is 24.1. The van der Waals surface area contributed by atoms with Crippen LogP contribution in [0.1, 0.15) is 25.7 Å². The van der Waals surface area contributed by atoms with Crippen molar-refractivity contribution < 1.29 is 18.9 Å². The predicted octanol–water partition coefficient (Wildman–Crippen LogP) is -2.34. The summed E-state index contributed by atoms with van der Waals surface area (Å²) in [5.74, 6) is 0.435. The van der Waals surface area contributed by atoms with Crippen molar-refractivity contribution in [3.63, 3.8) is 0 Å². The fourth-order valence-electron chi connectivity index (χ4n) is 1.04. The zero-order chi connectivity index (χ0) is 8.32. The van der Waals surface area contributed by atoms with E-state index in [0.717, 1.165) is 19.3 Å². The Balaban J connectivity index is -0.0000000504. The number of hydrogen-bond donors (Lipinski definition) is 2. The van der Waals surface area contributed by atoms with Gasteiger partial charge >= 0.3 is 185 Å².